The van der Waals surface area contributed by atoms with Crippen LogP contribution in [-0.2, 0) is 6.42 Å². The molecule has 2 heterocycles. The molecule has 0 bridgehead atoms. The lowest BCUT2D eigenvalue weighted by molar-refractivity contribution is 0.518. The van der Waals surface area contributed by atoms with Crippen molar-refractivity contribution >= 4 is 27.5 Å². The molecule has 0 aliphatic heterocycles. The lowest BCUT2D eigenvalue weighted by atomic mass is 10.0. The second kappa shape index (κ2) is 5.67. The molecule has 1 atom stereocenters. The highest BCUT2D eigenvalue weighted by Gasteiger charge is 2.16. The third-order valence-corrected chi connectivity index (χ3v) is 3.64. The van der Waals surface area contributed by atoms with Crippen LogP contribution < -0.4 is 5.32 Å². The third-order valence-electron chi connectivity index (χ3n) is 2.65. The predicted molar refractivity (Wildman–Crippen MR) is 71.2 cm³/mol. The van der Waals surface area contributed by atoms with Gasteiger partial charge in [-0.2, -0.15) is 0 Å². The van der Waals surface area contributed by atoms with E-state index in [2.05, 4.69) is 26.2 Å². The molecule has 2 aromatic rings. The Balaban J connectivity index is 2.22. The van der Waals surface area contributed by atoms with Crippen molar-refractivity contribution < 1.29 is 4.42 Å². The van der Waals surface area contributed by atoms with E-state index < -0.39 is 0 Å². The van der Waals surface area contributed by atoms with Gasteiger partial charge in [0.25, 0.3) is 0 Å². The van der Waals surface area contributed by atoms with Crippen LogP contribution in [0, 0.1) is 0 Å². The summed E-state index contributed by atoms with van der Waals surface area (Å²) in [6.07, 6.45) is 5.86. The fraction of sp³-hybridized carbons (Fsp3) is 0.250. The van der Waals surface area contributed by atoms with E-state index in [0.717, 1.165) is 22.2 Å². The lowest BCUT2D eigenvalue weighted by Crippen LogP contribution is -2.18. The van der Waals surface area contributed by atoms with Crippen molar-refractivity contribution in [3.05, 3.63) is 51.6 Å². The minimum absolute atomic E-state index is 0.156. The first-order chi connectivity index (χ1) is 8.22. The van der Waals surface area contributed by atoms with Crippen LogP contribution in [0.15, 0.2) is 39.9 Å². The van der Waals surface area contributed by atoms with Crippen molar-refractivity contribution in [2.24, 2.45) is 0 Å². The van der Waals surface area contributed by atoms with Gasteiger partial charge in [-0.25, -0.2) is 0 Å². The normalized spacial score (nSPS) is 12.6. The molecule has 2 aromatic heterocycles. The Morgan fingerprint density at radius 3 is 2.94 bits per heavy atom. The van der Waals surface area contributed by atoms with E-state index in [1.165, 1.54) is 0 Å². The number of nitrogens with one attached hydrogen (secondary N) is 1. The van der Waals surface area contributed by atoms with Gasteiger partial charge in [0.1, 0.15) is 0 Å². The summed E-state index contributed by atoms with van der Waals surface area (Å²) in [4.78, 5) is 3.98. The summed E-state index contributed by atoms with van der Waals surface area (Å²) >= 11 is 9.49. The average Bonchev–Trinajstić information content (AvgIpc) is 2.75. The van der Waals surface area contributed by atoms with E-state index in [9.17, 15) is 0 Å². The van der Waals surface area contributed by atoms with Gasteiger partial charge in [0, 0.05) is 24.0 Å². The Kier molecular flexibility index (Phi) is 4.20. The smallest absolute Gasteiger partial charge is 0.173 e. The zero-order valence-corrected chi connectivity index (χ0v) is 11.6. The first-order valence-corrected chi connectivity index (χ1v) is 6.38. The van der Waals surface area contributed by atoms with Gasteiger partial charge in [-0.1, -0.05) is 11.6 Å². The fourth-order valence-electron chi connectivity index (χ4n) is 1.71. The average molecular weight is 316 g/mol. The summed E-state index contributed by atoms with van der Waals surface area (Å²) in [6, 6.07) is 4.03. The topological polar surface area (TPSA) is 38.1 Å². The van der Waals surface area contributed by atoms with E-state index in [4.69, 9.17) is 16.0 Å². The van der Waals surface area contributed by atoms with Gasteiger partial charge in [-0.05, 0) is 47.1 Å². The first-order valence-electron chi connectivity index (χ1n) is 5.21. The third kappa shape index (κ3) is 2.89. The second-order valence-electron chi connectivity index (χ2n) is 3.66. The van der Waals surface area contributed by atoms with Crippen LogP contribution in [0.25, 0.3) is 0 Å². The molecular weight excluding hydrogens is 304 g/mol. The summed E-state index contributed by atoms with van der Waals surface area (Å²) in [5.74, 6) is 0. The molecule has 3 nitrogen and oxygen atoms in total. The van der Waals surface area contributed by atoms with Crippen molar-refractivity contribution in [2.45, 2.75) is 12.5 Å². The summed E-state index contributed by atoms with van der Waals surface area (Å²) < 4.78 is 6.00. The fourth-order valence-corrected chi connectivity index (χ4v) is 2.42. The van der Waals surface area contributed by atoms with Crippen LogP contribution >= 0.6 is 27.5 Å². The number of hydrogen-bond acceptors (Lipinski definition) is 3. The second-order valence-corrected chi connectivity index (χ2v) is 4.79. The first kappa shape index (κ1) is 12.6. The Bertz CT molecular complexity index is 501. The van der Waals surface area contributed by atoms with Gasteiger partial charge in [-0.15, -0.1) is 0 Å². The van der Waals surface area contributed by atoms with Gasteiger partial charge in [0.2, 0.25) is 0 Å². The molecule has 0 aromatic carbocycles. The van der Waals surface area contributed by atoms with Crippen molar-refractivity contribution in [2.75, 3.05) is 7.05 Å². The van der Waals surface area contributed by atoms with Gasteiger partial charge in [0.05, 0.1) is 11.3 Å². The molecule has 0 radical (unpaired) electrons. The number of aromatic nitrogens is 1. The number of halogens is 2. The number of furan rings is 1. The maximum atomic E-state index is 6.10. The maximum absolute atomic E-state index is 6.10. The van der Waals surface area contributed by atoms with E-state index in [0.29, 0.717) is 5.02 Å². The summed E-state index contributed by atoms with van der Waals surface area (Å²) in [5.41, 5.74) is 2.15. The van der Waals surface area contributed by atoms with Crippen molar-refractivity contribution in [3.8, 4) is 0 Å². The molecule has 2 rings (SSSR count). The zero-order chi connectivity index (χ0) is 12.3. The molecule has 90 valence electrons. The van der Waals surface area contributed by atoms with Crippen LogP contribution in [0.4, 0.5) is 0 Å². The molecule has 0 aliphatic rings. The molecule has 0 saturated carbocycles. The highest BCUT2D eigenvalue weighted by atomic mass is 79.9. The Morgan fingerprint density at radius 1 is 1.53 bits per heavy atom. The van der Waals surface area contributed by atoms with Gasteiger partial charge in [0.15, 0.2) is 4.67 Å². The Labute approximate surface area is 113 Å². The van der Waals surface area contributed by atoms with Crippen molar-refractivity contribution in [1.29, 1.82) is 0 Å². The van der Waals surface area contributed by atoms with E-state index in [1.54, 1.807) is 18.7 Å². The molecule has 1 N–H and O–H groups in total. The molecule has 0 fully saturated rings. The monoisotopic (exact) mass is 314 g/mol. The van der Waals surface area contributed by atoms with Crippen LogP contribution in [0.5, 0.6) is 0 Å². The van der Waals surface area contributed by atoms with E-state index in [1.807, 2.05) is 19.2 Å². The van der Waals surface area contributed by atoms with Crippen LogP contribution in [0.2, 0.25) is 5.02 Å². The van der Waals surface area contributed by atoms with Gasteiger partial charge < -0.3 is 9.73 Å². The summed E-state index contributed by atoms with van der Waals surface area (Å²) in [6.45, 7) is 0. The molecule has 0 saturated heterocycles. The Morgan fingerprint density at radius 2 is 2.35 bits per heavy atom. The number of nitrogens with zero attached hydrogens (tertiary/aromatic N) is 1. The zero-order valence-electron chi connectivity index (χ0n) is 9.28. The van der Waals surface area contributed by atoms with Crippen LogP contribution in [0.1, 0.15) is 17.2 Å². The minimum atomic E-state index is 0.156. The Hall–Kier alpha value is -0.840. The van der Waals surface area contributed by atoms with E-state index >= 15 is 0 Å². The number of likely N-dealkylation sites (N-methyl/N-ethyl adjacent to an activating group) is 1. The highest BCUT2D eigenvalue weighted by Crippen LogP contribution is 2.28. The predicted octanol–water partition coefficient (Wildman–Crippen LogP) is 3.59. The molecule has 0 amide bonds. The summed E-state index contributed by atoms with van der Waals surface area (Å²) in [7, 11) is 1.92. The highest BCUT2D eigenvalue weighted by molar-refractivity contribution is 9.10. The minimum Gasteiger partial charge on any atom is -0.457 e. The number of rotatable bonds is 4. The van der Waals surface area contributed by atoms with Crippen molar-refractivity contribution in [1.82, 2.24) is 10.3 Å². The number of pyridine rings is 1. The van der Waals surface area contributed by atoms with Crippen LogP contribution in [-0.4, -0.2) is 12.0 Å². The van der Waals surface area contributed by atoms with Gasteiger partial charge >= 0.3 is 0 Å². The molecule has 5 heteroatoms. The van der Waals surface area contributed by atoms with Crippen LogP contribution in [0.3, 0.4) is 0 Å². The largest absolute Gasteiger partial charge is 0.457 e. The quantitative estimate of drug-likeness (QED) is 0.937. The molecule has 0 aliphatic carbocycles. The molecule has 17 heavy (non-hydrogen) atoms. The standard InChI is InChI=1S/C12H12BrClN2O/c1-15-11(9-3-5-17-12(9)13)6-8-2-4-16-7-10(8)14/h2-5,7,11,15H,6H2,1H3. The lowest BCUT2D eigenvalue weighted by Gasteiger charge is -2.15. The molecule has 0 spiro atoms. The molecule has 1 unspecified atom stereocenters. The summed E-state index contributed by atoms with van der Waals surface area (Å²) in [5, 5.41) is 3.94. The maximum Gasteiger partial charge on any atom is 0.173 e. The van der Waals surface area contributed by atoms with Crippen molar-refractivity contribution in [3.63, 3.8) is 0 Å². The molecular formula is C12H12BrClN2O. The van der Waals surface area contributed by atoms with E-state index in [-0.39, 0.29) is 6.04 Å². The van der Waals surface area contributed by atoms with Gasteiger partial charge in [-0.3, -0.25) is 4.98 Å². The number of hydrogen-bond donors (Lipinski definition) is 1. The SMILES string of the molecule is CNC(Cc1ccncc1Cl)c1ccoc1Br.